The van der Waals surface area contributed by atoms with E-state index in [1.165, 1.54) is 0 Å². The molecule has 9 nitrogen and oxygen atoms in total. The molecule has 0 atom stereocenters. The van der Waals surface area contributed by atoms with Crippen molar-refractivity contribution in [1.29, 1.82) is 0 Å². The molecule has 2 rings (SSSR count). The van der Waals surface area contributed by atoms with E-state index in [2.05, 4.69) is 24.5 Å². The van der Waals surface area contributed by atoms with Crippen molar-refractivity contribution in [3.05, 3.63) is 65.2 Å². The number of nitrogens with zero attached hydrogens (tertiary/aromatic N) is 1. The van der Waals surface area contributed by atoms with E-state index in [1.54, 1.807) is 53.4 Å². The highest BCUT2D eigenvalue weighted by Gasteiger charge is 2.16. The van der Waals surface area contributed by atoms with E-state index in [0.29, 0.717) is 42.4 Å². The fraction of sp³-hybridized carbons (Fsp3) is 0.429. The zero-order chi connectivity index (χ0) is 27.2. The van der Waals surface area contributed by atoms with Crippen LogP contribution < -0.4 is 10.6 Å². The lowest BCUT2D eigenvalue weighted by Crippen LogP contribution is -2.35. The van der Waals surface area contributed by atoms with E-state index in [4.69, 9.17) is 9.84 Å². The number of carboxylic acids is 1. The van der Waals surface area contributed by atoms with Crippen molar-refractivity contribution in [3.8, 4) is 0 Å². The molecule has 0 unspecified atom stereocenters. The lowest BCUT2D eigenvalue weighted by Gasteiger charge is -2.24. The summed E-state index contributed by atoms with van der Waals surface area (Å²) in [6.07, 6.45) is 2.43. The molecular formula is C28H37N3O6. The highest BCUT2D eigenvalue weighted by molar-refractivity contribution is 5.94. The maximum Gasteiger partial charge on any atom is 0.338 e. The van der Waals surface area contributed by atoms with Crippen LogP contribution in [0.3, 0.4) is 0 Å². The average Bonchev–Trinajstić information content (AvgIpc) is 2.87. The van der Waals surface area contributed by atoms with Crippen molar-refractivity contribution >= 4 is 29.6 Å². The number of carbonyl (C=O) groups excluding carboxylic acids is 3. The predicted molar refractivity (Wildman–Crippen MR) is 142 cm³/mol. The molecular weight excluding hydrogens is 474 g/mol. The molecule has 0 aliphatic heterocycles. The van der Waals surface area contributed by atoms with Crippen LogP contribution in [0.5, 0.6) is 0 Å². The zero-order valence-corrected chi connectivity index (χ0v) is 21.8. The fourth-order valence-electron chi connectivity index (χ4n) is 3.32. The third-order valence-electron chi connectivity index (χ3n) is 5.58. The monoisotopic (exact) mass is 511 g/mol. The van der Waals surface area contributed by atoms with Crippen LogP contribution >= 0.6 is 0 Å². The Balaban J connectivity index is 2.01. The van der Waals surface area contributed by atoms with E-state index >= 15 is 0 Å². The fourth-order valence-corrected chi connectivity index (χ4v) is 3.32. The second kappa shape index (κ2) is 15.3. The van der Waals surface area contributed by atoms with Gasteiger partial charge in [-0.05, 0) is 60.7 Å². The topological polar surface area (TPSA) is 125 Å². The van der Waals surface area contributed by atoms with Crippen LogP contribution in [0.15, 0.2) is 48.5 Å². The van der Waals surface area contributed by atoms with Crippen LogP contribution in [-0.2, 0) is 16.1 Å². The number of esters is 1. The molecule has 0 aliphatic carbocycles. The Morgan fingerprint density at radius 3 is 2.22 bits per heavy atom. The lowest BCUT2D eigenvalue weighted by molar-refractivity contribution is -0.136. The van der Waals surface area contributed by atoms with Gasteiger partial charge in [0.25, 0.3) is 5.91 Å². The molecule has 0 saturated carbocycles. The Bertz CT molecular complexity index is 1030. The van der Waals surface area contributed by atoms with Gasteiger partial charge < -0.3 is 25.4 Å². The number of nitrogens with one attached hydrogen (secondary N) is 2. The third kappa shape index (κ3) is 10.7. The van der Waals surface area contributed by atoms with Crippen LogP contribution in [0.2, 0.25) is 0 Å². The van der Waals surface area contributed by atoms with E-state index < -0.39 is 5.97 Å². The van der Waals surface area contributed by atoms with Gasteiger partial charge >= 0.3 is 18.0 Å². The molecule has 0 aliphatic rings. The van der Waals surface area contributed by atoms with Crippen LogP contribution in [-0.4, -0.2) is 53.6 Å². The molecule has 0 heterocycles. The summed E-state index contributed by atoms with van der Waals surface area (Å²) in [5.41, 5.74) is 2.27. The van der Waals surface area contributed by atoms with Gasteiger partial charge in [-0.1, -0.05) is 39.3 Å². The summed E-state index contributed by atoms with van der Waals surface area (Å²) in [4.78, 5) is 49.7. The first-order valence-corrected chi connectivity index (χ1v) is 12.6. The van der Waals surface area contributed by atoms with E-state index in [9.17, 15) is 19.2 Å². The first kappa shape index (κ1) is 29.4. The first-order valence-electron chi connectivity index (χ1n) is 12.6. The molecule has 0 spiro atoms. The van der Waals surface area contributed by atoms with Gasteiger partial charge in [-0.3, -0.25) is 9.59 Å². The van der Waals surface area contributed by atoms with E-state index in [1.807, 2.05) is 6.92 Å². The molecule has 0 saturated heterocycles. The van der Waals surface area contributed by atoms with Crippen molar-refractivity contribution in [1.82, 2.24) is 10.2 Å². The second-order valence-corrected chi connectivity index (χ2v) is 9.20. The molecule has 2 aromatic carbocycles. The highest BCUT2D eigenvalue weighted by atomic mass is 16.5. The molecule has 2 aromatic rings. The van der Waals surface area contributed by atoms with Crippen molar-refractivity contribution in [2.75, 3.05) is 25.0 Å². The lowest BCUT2D eigenvalue weighted by atomic mass is 10.1. The molecule has 0 aromatic heterocycles. The number of benzene rings is 2. The number of carbonyl (C=O) groups is 4. The van der Waals surface area contributed by atoms with Gasteiger partial charge in [-0.2, -0.15) is 0 Å². The van der Waals surface area contributed by atoms with Crippen LogP contribution in [0, 0.1) is 5.92 Å². The number of anilines is 1. The molecule has 200 valence electrons. The molecule has 9 heteroatoms. The van der Waals surface area contributed by atoms with E-state index in [-0.39, 0.29) is 30.9 Å². The molecule has 3 amide bonds. The largest absolute Gasteiger partial charge is 0.481 e. The van der Waals surface area contributed by atoms with Crippen molar-refractivity contribution < 1.29 is 29.0 Å². The Hall–Kier alpha value is -3.88. The summed E-state index contributed by atoms with van der Waals surface area (Å²) in [5.74, 6) is -1.30. The van der Waals surface area contributed by atoms with Crippen molar-refractivity contribution in [3.63, 3.8) is 0 Å². The maximum atomic E-state index is 13.1. The van der Waals surface area contributed by atoms with Crippen molar-refractivity contribution in [2.45, 2.75) is 53.0 Å². The Morgan fingerprint density at radius 2 is 1.62 bits per heavy atom. The van der Waals surface area contributed by atoms with Crippen LogP contribution in [0.4, 0.5) is 10.5 Å². The minimum absolute atomic E-state index is 0.0556. The Kier molecular flexibility index (Phi) is 12.1. The molecule has 0 fully saturated rings. The Labute approximate surface area is 218 Å². The zero-order valence-electron chi connectivity index (χ0n) is 21.8. The smallest absolute Gasteiger partial charge is 0.338 e. The van der Waals surface area contributed by atoms with Crippen LogP contribution in [0.1, 0.15) is 72.7 Å². The first-order chi connectivity index (χ1) is 17.7. The number of hydrogen-bond acceptors (Lipinski definition) is 5. The van der Waals surface area contributed by atoms with E-state index in [0.717, 1.165) is 24.8 Å². The summed E-state index contributed by atoms with van der Waals surface area (Å²) >= 11 is 0. The van der Waals surface area contributed by atoms with Gasteiger partial charge in [0, 0.05) is 30.9 Å². The van der Waals surface area contributed by atoms with Gasteiger partial charge in [0.15, 0.2) is 0 Å². The standard InChI is InChI=1S/C28H37N3O6/c1-4-5-18-37-27(35)23-10-12-24(13-11-23)30-28(36)31(17-15-20(2)3)19-21-6-8-22(9-7-21)26(34)29-16-14-25(32)33/h6-13,20H,4-5,14-19H2,1-3H3,(H,29,34)(H,30,36)(H,32,33). The SMILES string of the molecule is CCCCOC(=O)c1ccc(NC(=O)N(CCC(C)C)Cc2ccc(C(=O)NCCC(=O)O)cc2)cc1. The molecule has 0 bridgehead atoms. The third-order valence-corrected chi connectivity index (χ3v) is 5.58. The summed E-state index contributed by atoms with van der Waals surface area (Å²) in [6.45, 7) is 7.54. The Morgan fingerprint density at radius 1 is 0.973 bits per heavy atom. The number of carboxylic acid groups (broad SMARTS) is 1. The molecule has 0 radical (unpaired) electrons. The number of ether oxygens (including phenoxy) is 1. The summed E-state index contributed by atoms with van der Waals surface area (Å²) < 4.78 is 5.22. The number of aliphatic carboxylic acids is 1. The van der Waals surface area contributed by atoms with Crippen molar-refractivity contribution in [2.24, 2.45) is 5.92 Å². The van der Waals surface area contributed by atoms with Gasteiger partial charge in [0.2, 0.25) is 0 Å². The maximum absolute atomic E-state index is 13.1. The number of hydrogen-bond donors (Lipinski definition) is 3. The van der Waals surface area contributed by atoms with Crippen LogP contribution in [0.25, 0.3) is 0 Å². The number of urea groups is 1. The second-order valence-electron chi connectivity index (χ2n) is 9.20. The summed E-state index contributed by atoms with van der Waals surface area (Å²) in [5, 5.41) is 14.2. The molecule has 37 heavy (non-hydrogen) atoms. The van der Waals surface area contributed by atoms with Gasteiger partial charge in [-0.25, -0.2) is 9.59 Å². The number of amides is 3. The quantitative estimate of drug-likeness (QED) is 0.244. The number of rotatable bonds is 14. The van der Waals surface area contributed by atoms with Gasteiger partial charge in [0.1, 0.15) is 0 Å². The summed E-state index contributed by atoms with van der Waals surface area (Å²) in [7, 11) is 0. The summed E-state index contributed by atoms with van der Waals surface area (Å²) in [6, 6.07) is 13.2. The minimum atomic E-state index is -0.976. The normalized spacial score (nSPS) is 10.6. The van der Waals surface area contributed by atoms with Gasteiger partial charge in [-0.15, -0.1) is 0 Å². The minimum Gasteiger partial charge on any atom is -0.481 e. The molecule has 3 N–H and O–H groups in total. The predicted octanol–water partition coefficient (Wildman–Crippen LogP) is 4.93. The number of unbranched alkanes of at least 4 members (excludes halogenated alkanes) is 1. The highest BCUT2D eigenvalue weighted by Crippen LogP contribution is 2.15. The van der Waals surface area contributed by atoms with Gasteiger partial charge in [0.05, 0.1) is 18.6 Å². The average molecular weight is 512 g/mol.